The molecule has 6 nitrogen and oxygen atoms in total. The smallest absolute Gasteiger partial charge is 0.221 e. The number of rotatable bonds is 7. The van der Waals surface area contributed by atoms with Crippen molar-refractivity contribution in [1.29, 1.82) is 0 Å². The van der Waals surface area contributed by atoms with Crippen LogP contribution in [0, 0.1) is 5.92 Å². The zero-order chi connectivity index (χ0) is 18.6. The first kappa shape index (κ1) is 18.5. The van der Waals surface area contributed by atoms with Crippen LogP contribution in [0.4, 0.5) is 0 Å². The van der Waals surface area contributed by atoms with Crippen molar-refractivity contribution >= 4 is 15.7 Å². The van der Waals surface area contributed by atoms with Gasteiger partial charge in [-0.1, -0.05) is 24.3 Å². The van der Waals surface area contributed by atoms with E-state index in [1.165, 1.54) is 12.1 Å². The molecule has 1 heterocycles. The van der Waals surface area contributed by atoms with Crippen LogP contribution in [0.15, 0.2) is 59.6 Å². The first-order chi connectivity index (χ1) is 12.5. The minimum atomic E-state index is -3.49. The van der Waals surface area contributed by atoms with E-state index in [0.29, 0.717) is 12.8 Å². The summed E-state index contributed by atoms with van der Waals surface area (Å²) in [5, 5.41) is 12.5. The Morgan fingerprint density at radius 1 is 1.15 bits per heavy atom. The molecule has 26 heavy (non-hydrogen) atoms. The van der Waals surface area contributed by atoms with E-state index < -0.39 is 9.84 Å². The predicted molar refractivity (Wildman–Crippen MR) is 97.0 cm³/mol. The molecule has 1 aromatic heterocycles. The Bertz CT molecular complexity index is 834. The van der Waals surface area contributed by atoms with Crippen LogP contribution in [0.3, 0.4) is 0 Å². The summed E-state index contributed by atoms with van der Waals surface area (Å²) in [7, 11) is -3.49. The number of hydrogen-bond donors (Lipinski definition) is 2. The number of carbonyl (C=O) groups is 1. The number of hydrogen-bond acceptors (Lipinski definition) is 5. The van der Waals surface area contributed by atoms with Gasteiger partial charge < -0.3 is 10.4 Å². The first-order valence-electron chi connectivity index (χ1n) is 8.62. The fraction of sp³-hybridized carbons (Fsp3) is 0.368. The van der Waals surface area contributed by atoms with Crippen molar-refractivity contribution in [3.05, 3.63) is 60.4 Å². The number of aliphatic hydroxyl groups excluding tert-OH is 1. The summed E-state index contributed by atoms with van der Waals surface area (Å²) in [6.07, 6.45) is 2.40. The molecule has 0 unspecified atom stereocenters. The van der Waals surface area contributed by atoms with Crippen LogP contribution in [0.25, 0.3) is 0 Å². The van der Waals surface area contributed by atoms with Crippen molar-refractivity contribution in [2.75, 3.05) is 5.75 Å². The van der Waals surface area contributed by atoms with E-state index in [9.17, 15) is 18.3 Å². The third-order valence-electron chi connectivity index (χ3n) is 4.64. The van der Waals surface area contributed by atoms with Crippen molar-refractivity contribution < 1.29 is 18.3 Å². The number of carbonyl (C=O) groups excluding carboxylic acids is 1. The molecule has 2 N–H and O–H groups in total. The fourth-order valence-electron chi connectivity index (χ4n) is 3.11. The van der Waals surface area contributed by atoms with Crippen LogP contribution >= 0.6 is 0 Å². The molecule has 1 fully saturated rings. The molecule has 0 spiro atoms. The van der Waals surface area contributed by atoms with E-state index >= 15 is 0 Å². The number of aliphatic hydroxyl groups is 1. The zero-order valence-corrected chi connectivity index (χ0v) is 15.1. The standard InChI is InChI=1S/C19H22N2O4S/c22-15-12-14(13-15)19(17-8-4-5-10-20-17)21-18(23)9-11-26(24,25)16-6-2-1-3-7-16/h1-8,10,14-15,19,22H,9,11-13H2,(H,21,23)/t14?,15?,19-/m1/s1. The highest BCUT2D eigenvalue weighted by molar-refractivity contribution is 7.91. The van der Waals surface area contributed by atoms with E-state index in [2.05, 4.69) is 10.3 Å². The lowest BCUT2D eigenvalue weighted by atomic mass is 9.76. The van der Waals surface area contributed by atoms with Gasteiger partial charge in [0.05, 0.1) is 28.5 Å². The van der Waals surface area contributed by atoms with E-state index in [0.717, 1.165) is 5.69 Å². The second kappa shape index (κ2) is 7.97. The minimum absolute atomic E-state index is 0.106. The molecule has 3 rings (SSSR count). The molecule has 1 atom stereocenters. The predicted octanol–water partition coefficient (Wildman–Crippen LogP) is 1.87. The van der Waals surface area contributed by atoms with Gasteiger partial charge in [-0.2, -0.15) is 0 Å². The minimum Gasteiger partial charge on any atom is -0.393 e. The number of nitrogens with zero attached hydrogens (tertiary/aromatic N) is 1. The molecule has 1 aromatic carbocycles. The molecule has 1 aliphatic carbocycles. The lowest BCUT2D eigenvalue weighted by Crippen LogP contribution is -2.42. The number of aromatic nitrogens is 1. The quantitative estimate of drug-likeness (QED) is 0.771. The maximum absolute atomic E-state index is 12.4. The van der Waals surface area contributed by atoms with E-state index in [1.54, 1.807) is 30.5 Å². The molecule has 1 aliphatic rings. The van der Waals surface area contributed by atoms with Gasteiger partial charge in [-0.3, -0.25) is 9.78 Å². The topological polar surface area (TPSA) is 96.4 Å². The van der Waals surface area contributed by atoms with Crippen molar-refractivity contribution in [1.82, 2.24) is 10.3 Å². The van der Waals surface area contributed by atoms with Gasteiger partial charge >= 0.3 is 0 Å². The zero-order valence-electron chi connectivity index (χ0n) is 14.3. The Morgan fingerprint density at radius 3 is 2.46 bits per heavy atom. The average Bonchev–Trinajstić information content (AvgIpc) is 2.64. The van der Waals surface area contributed by atoms with Crippen LogP contribution in [-0.2, 0) is 14.6 Å². The third kappa shape index (κ3) is 4.47. The Kier molecular flexibility index (Phi) is 5.68. The highest BCUT2D eigenvalue weighted by Crippen LogP contribution is 2.37. The van der Waals surface area contributed by atoms with Gasteiger partial charge in [-0.25, -0.2) is 8.42 Å². The molecule has 7 heteroatoms. The van der Waals surface area contributed by atoms with Crippen molar-refractivity contribution in [3.63, 3.8) is 0 Å². The van der Waals surface area contributed by atoms with Crippen molar-refractivity contribution in [2.45, 2.75) is 36.3 Å². The summed E-state index contributed by atoms with van der Waals surface area (Å²) in [6.45, 7) is 0. The number of sulfone groups is 1. The van der Waals surface area contributed by atoms with Crippen LogP contribution in [-0.4, -0.2) is 36.3 Å². The summed E-state index contributed by atoms with van der Waals surface area (Å²) >= 11 is 0. The highest BCUT2D eigenvalue weighted by Gasteiger charge is 2.36. The van der Waals surface area contributed by atoms with Gasteiger partial charge in [0.1, 0.15) is 0 Å². The summed E-state index contributed by atoms with van der Waals surface area (Å²) in [5.74, 6) is -0.471. The van der Waals surface area contributed by atoms with Gasteiger partial charge in [0.25, 0.3) is 0 Å². The molecule has 1 saturated carbocycles. The van der Waals surface area contributed by atoms with Gasteiger partial charge in [0.15, 0.2) is 9.84 Å². The normalized spacial score (nSPS) is 20.8. The second-order valence-corrected chi connectivity index (χ2v) is 8.68. The average molecular weight is 374 g/mol. The van der Waals surface area contributed by atoms with Crippen LogP contribution in [0.1, 0.15) is 31.0 Å². The van der Waals surface area contributed by atoms with Gasteiger partial charge in [0.2, 0.25) is 5.91 Å². The number of benzene rings is 1. The van der Waals surface area contributed by atoms with Crippen molar-refractivity contribution in [3.8, 4) is 0 Å². The largest absolute Gasteiger partial charge is 0.393 e. The molecular weight excluding hydrogens is 352 g/mol. The fourth-order valence-corrected chi connectivity index (χ4v) is 4.38. The monoisotopic (exact) mass is 374 g/mol. The van der Waals surface area contributed by atoms with Gasteiger partial charge in [0, 0.05) is 12.6 Å². The maximum atomic E-state index is 12.4. The Morgan fingerprint density at radius 2 is 1.85 bits per heavy atom. The van der Waals surface area contributed by atoms with E-state index in [4.69, 9.17) is 0 Å². The lowest BCUT2D eigenvalue weighted by Gasteiger charge is -2.37. The van der Waals surface area contributed by atoms with Gasteiger partial charge in [-0.05, 0) is 43.0 Å². The number of pyridine rings is 1. The first-order valence-corrected chi connectivity index (χ1v) is 10.3. The number of amides is 1. The Labute approximate surface area is 153 Å². The Balaban J connectivity index is 1.63. The molecule has 0 bridgehead atoms. The molecule has 2 aromatic rings. The van der Waals surface area contributed by atoms with Crippen LogP contribution in [0.5, 0.6) is 0 Å². The molecule has 0 aliphatic heterocycles. The molecule has 138 valence electrons. The summed E-state index contributed by atoms with van der Waals surface area (Å²) in [6, 6.07) is 13.3. The van der Waals surface area contributed by atoms with Crippen LogP contribution < -0.4 is 5.32 Å². The molecule has 1 amide bonds. The SMILES string of the molecule is O=C(CCS(=O)(=O)c1ccccc1)N[C@@H](c1ccccn1)C1CC(O)C1. The van der Waals surface area contributed by atoms with Crippen LogP contribution in [0.2, 0.25) is 0 Å². The molecular formula is C19H22N2O4S. The summed E-state index contributed by atoms with van der Waals surface area (Å²) < 4.78 is 24.6. The second-order valence-electron chi connectivity index (χ2n) is 6.57. The number of nitrogens with one attached hydrogen (secondary N) is 1. The highest BCUT2D eigenvalue weighted by atomic mass is 32.2. The maximum Gasteiger partial charge on any atom is 0.221 e. The van der Waals surface area contributed by atoms with Gasteiger partial charge in [-0.15, -0.1) is 0 Å². The third-order valence-corrected chi connectivity index (χ3v) is 6.38. The molecule has 0 saturated heterocycles. The summed E-state index contributed by atoms with van der Waals surface area (Å²) in [4.78, 5) is 16.9. The van der Waals surface area contributed by atoms with E-state index in [-0.39, 0.29) is 41.0 Å². The summed E-state index contributed by atoms with van der Waals surface area (Å²) in [5.41, 5.74) is 0.726. The molecule has 0 radical (unpaired) electrons. The van der Waals surface area contributed by atoms with Crippen molar-refractivity contribution in [2.24, 2.45) is 5.92 Å². The van der Waals surface area contributed by atoms with E-state index in [1.807, 2.05) is 12.1 Å². The lowest BCUT2D eigenvalue weighted by molar-refractivity contribution is -0.122. The Hall–Kier alpha value is -2.25.